The third-order valence-electron chi connectivity index (χ3n) is 4.47. The monoisotopic (exact) mass is 359 g/mol. The maximum Gasteiger partial charge on any atom is 0.129 e. The molecule has 3 rings (SSSR count). The van der Waals surface area contributed by atoms with E-state index in [-0.39, 0.29) is 6.61 Å². The van der Waals surface area contributed by atoms with Crippen molar-refractivity contribution in [2.75, 3.05) is 26.2 Å². The molecule has 0 aliphatic carbocycles. The summed E-state index contributed by atoms with van der Waals surface area (Å²) in [7, 11) is 0. The number of likely N-dealkylation sites (tertiary alicyclic amines) is 1. The van der Waals surface area contributed by atoms with E-state index in [1.54, 1.807) is 12.3 Å². The highest BCUT2D eigenvalue weighted by molar-refractivity contribution is 6.29. The number of β-amino-alcohol motifs (C(OH)–C–C–N with tert-alkyl or cyclic N) is 1. The Morgan fingerprint density at radius 3 is 2.88 bits per heavy atom. The van der Waals surface area contributed by atoms with Crippen molar-refractivity contribution in [1.82, 2.24) is 20.2 Å². The van der Waals surface area contributed by atoms with Gasteiger partial charge in [0, 0.05) is 55.4 Å². The number of nitrogens with zero attached hydrogens (tertiary/aromatic N) is 3. The lowest BCUT2D eigenvalue weighted by Gasteiger charge is -2.31. The van der Waals surface area contributed by atoms with Gasteiger partial charge in [-0.3, -0.25) is 4.98 Å². The first-order valence-corrected chi connectivity index (χ1v) is 8.80. The molecule has 0 unspecified atom stereocenters. The van der Waals surface area contributed by atoms with Crippen molar-refractivity contribution < 1.29 is 5.11 Å². The Bertz CT molecular complexity index is 771. The smallest absolute Gasteiger partial charge is 0.129 e. The van der Waals surface area contributed by atoms with Crippen molar-refractivity contribution in [1.29, 1.82) is 5.41 Å². The minimum atomic E-state index is 0.211. The summed E-state index contributed by atoms with van der Waals surface area (Å²) in [5.41, 5.74) is 3.09. The number of hydrogen-bond acceptors (Lipinski definition) is 6. The zero-order chi connectivity index (χ0) is 17.6. The number of piperidine rings is 1. The predicted molar refractivity (Wildman–Crippen MR) is 101 cm³/mol. The molecular weight excluding hydrogens is 338 g/mol. The number of nitrogens with one attached hydrogen (secondary N) is 2. The molecule has 7 heteroatoms. The van der Waals surface area contributed by atoms with Gasteiger partial charge in [0.05, 0.1) is 17.6 Å². The summed E-state index contributed by atoms with van der Waals surface area (Å²) >= 11 is 5.95. The Labute approximate surface area is 152 Å². The first-order valence-electron chi connectivity index (χ1n) is 8.42. The van der Waals surface area contributed by atoms with Crippen molar-refractivity contribution in [2.24, 2.45) is 0 Å². The van der Waals surface area contributed by atoms with Gasteiger partial charge in [0.25, 0.3) is 0 Å². The molecule has 0 spiro atoms. The molecule has 0 amide bonds. The molecule has 6 nitrogen and oxygen atoms in total. The molecule has 0 atom stereocenters. The predicted octanol–water partition coefficient (Wildman–Crippen LogP) is 2.32. The van der Waals surface area contributed by atoms with Crippen molar-refractivity contribution >= 4 is 34.4 Å². The van der Waals surface area contributed by atoms with E-state index in [1.165, 1.54) is 6.21 Å². The van der Waals surface area contributed by atoms with Gasteiger partial charge in [-0.2, -0.15) is 0 Å². The van der Waals surface area contributed by atoms with Gasteiger partial charge in [-0.1, -0.05) is 11.6 Å². The number of allylic oxidation sites excluding steroid dienone is 1. The van der Waals surface area contributed by atoms with Crippen LogP contribution in [0.3, 0.4) is 0 Å². The van der Waals surface area contributed by atoms with Gasteiger partial charge in [-0.15, -0.1) is 0 Å². The van der Waals surface area contributed by atoms with Crippen molar-refractivity contribution in [3.05, 3.63) is 41.3 Å². The highest BCUT2D eigenvalue weighted by Crippen LogP contribution is 2.19. The Morgan fingerprint density at radius 2 is 2.16 bits per heavy atom. The number of fused-ring (bicyclic) bond motifs is 1. The number of aromatic nitrogens is 2. The second kappa shape index (κ2) is 8.38. The van der Waals surface area contributed by atoms with E-state index in [0.717, 1.165) is 54.6 Å². The van der Waals surface area contributed by atoms with Gasteiger partial charge in [0.1, 0.15) is 5.15 Å². The van der Waals surface area contributed by atoms with E-state index in [0.29, 0.717) is 11.2 Å². The van der Waals surface area contributed by atoms with Crippen molar-refractivity contribution in [2.45, 2.75) is 18.9 Å². The summed E-state index contributed by atoms with van der Waals surface area (Å²) in [5, 5.41) is 20.6. The molecule has 0 aromatic carbocycles. The molecular formula is C18H22ClN5O. The SMILES string of the molecule is N=C/C(=C\NC1CCN(CCO)CC1)c1cnc2ccc(Cl)nc2c1. The molecule has 0 bridgehead atoms. The Balaban J connectivity index is 1.69. The molecule has 1 aliphatic heterocycles. The lowest BCUT2D eigenvalue weighted by atomic mass is 10.0. The molecule has 3 N–H and O–H groups in total. The maximum atomic E-state index is 9.00. The molecule has 132 valence electrons. The third kappa shape index (κ3) is 4.54. The topological polar surface area (TPSA) is 85.1 Å². The molecule has 1 fully saturated rings. The van der Waals surface area contributed by atoms with Crippen LogP contribution in [-0.2, 0) is 0 Å². The van der Waals surface area contributed by atoms with Gasteiger partial charge in [-0.25, -0.2) is 4.98 Å². The minimum Gasteiger partial charge on any atom is -0.395 e. The molecule has 2 aromatic heterocycles. The third-order valence-corrected chi connectivity index (χ3v) is 4.68. The number of rotatable bonds is 6. The second-order valence-corrected chi connectivity index (χ2v) is 6.53. The van der Waals surface area contributed by atoms with Crippen LogP contribution in [0.15, 0.2) is 30.6 Å². The van der Waals surface area contributed by atoms with Crippen LogP contribution in [0.4, 0.5) is 0 Å². The van der Waals surface area contributed by atoms with Gasteiger partial charge in [0.15, 0.2) is 0 Å². The summed E-state index contributed by atoms with van der Waals surface area (Å²) in [6.07, 6.45) is 7.00. The highest BCUT2D eigenvalue weighted by Gasteiger charge is 2.17. The van der Waals surface area contributed by atoms with Crippen LogP contribution in [-0.4, -0.2) is 58.5 Å². The number of halogens is 1. The van der Waals surface area contributed by atoms with Gasteiger partial charge >= 0.3 is 0 Å². The first kappa shape index (κ1) is 17.8. The van der Waals surface area contributed by atoms with E-state index in [2.05, 4.69) is 20.2 Å². The van der Waals surface area contributed by atoms with Crippen LogP contribution in [0.25, 0.3) is 16.6 Å². The van der Waals surface area contributed by atoms with Crippen LogP contribution < -0.4 is 5.32 Å². The molecule has 2 aromatic rings. The van der Waals surface area contributed by atoms with Gasteiger partial charge in [0.2, 0.25) is 0 Å². The summed E-state index contributed by atoms with van der Waals surface area (Å²) in [5.74, 6) is 0. The molecule has 1 aliphatic rings. The minimum absolute atomic E-state index is 0.211. The molecule has 0 saturated carbocycles. The van der Waals surface area contributed by atoms with Crippen LogP contribution in [0.1, 0.15) is 18.4 Å². The maximum absolute atomic E-state index is 9.00. The lowest BCUT2D eigenvalue weighted by molar-refractivity contribution is 0.160. The van der Waals surface area contributed by atoms with E-state index in [1.807, 2.05) is 18.3 Å². The zero-order valence-electron chi connectivity index (χ0n) is 14.0. The highest BCUT2D eigenvalue weighted by atomic mass is 35.5. The van der Waals surface area contributed by atoms with Crippen LogP contribution in [0, 0.1) is 5.41 Å². The normalized spacial score (nSPS) is 17.0. The molecule has 25 heavy (non-hydrogen) atoms. The Hall–Kier alpha value is -2.02. The summed E-state index contributed by atoms with van der Waals surface area (Å²) < 4.78 is 0. The fourth-order valence-corrected chi connectivity index (χ4v) is 3.17. The van der Waals surface area contributed by atoms with E-state index < -0.39 is 0 Å². The summed E-state index contributed by atoms with van der Waals surface area (Å²) in [6.45, 7) is 2.91. The molecule has 0 radical (unpaired) electrons. The number of aliphatic hydroxyl groups excluding tert-OH is 1. The van der Waals surface area contributed by atoms with Crippen LogP contribution in [0.5, 0.6) is 0 Å². The van der Waals surface area contributed by atoms with E-state index >= 15 is 0 Å². The number of aliphatic hydroxyl groups is 1. The van der Waals surface area contributed by atoms with Crippen molar-refractivity contribution in [3.63, 3.8) is 0 Å². The first-order chi connectivity index (χ1) is 12.2. The van der Waals surface area contributed by atoms with E-state index in [9.17, 15) is 0 Å². The summed E-state index contributed by atoms with van der Waals surface area (Å²) in [4.78, 5) is 10.9. The number of pyridine rings is 2. The fourth-order valence-electron chi connectivity index (χ4n) is 3.02. The quantitative estimate of drug-likeness (QED) is 0.544. The molecule has 1 saturated heterocycles. The molecule has 3 heterocycles. The second-order valence-electron chi connectivity index (χ2n) is 6.15. The number of hydrogen-bond donors (Lipinski definition) is 3. The van der Waals surface area contributed by atoms with E-state index in [4.69, 9.17) is 22.1 Å². The Morgan fingerprint density at radius 1 is 1.36 bits per heavy atom. The van der Waals surface area contributed by atoms with Gasteiger partial charge < -0.3 is 20.7 Å². The average molecular weight is 360 g/mol. The van der Waals surface area contributed by atoms with Crippen LogP contribution >= 0.6 is 11.6 Å². The summed E-state index contributed by atoms with van der Waals surface area (Å²) in [6, 6.07) is 5.83. The standard InChI is InChI=1S/C18H22ClN5O/c19-18-2-1-16-17(23-18)9-13(11-22-16)14(10-20)12-21-15-3-5-24(6-4-15)7-8-25/h1-2,9-12,15,20-21,25H,3-8H2/b14-12+,20-10?. The van der Waals surface area contributed by atoms with Gasteiger partial charge in [-0.05, 0) is 31.0 Å². The largest absolute Gasteiger partial charge is 0.395 e. The van der Waals surface area contributed by atoms with Crippen LogP contribution in [0.2, 0.25) is 5.15 Å². The lowest BCUT2D eigenvalue weighted by Crippen LogP contribution is -2.41. The average Bonchev–Trinajstić information content (AvgIpc) is 2.63. The van der Waals surface area contributed by atoms with Crippen molar-refractivity contribution in [3.8, 4) is 0 Å². The fraction of sp³-hybridized carbons (Fsp3) is 0.389. The Kier molecular flexibility index (Phi) is 5.96. The zero-order valence-corrected chi connectivity index (χ0v) is 14.7.